The maximum atomic E-state index is 12.2. The van der Waals surface area contributed by atoms with E-state index in [4.69, 9.17) is 11.6 Å². The topological polar surface area (TPSA) is 102 Å². The van der Waals surface area contributed by atoms with E-state index in [0.29, 0.717) is 0 Å². The molecule has 0 aliphatic heterocycles. The quantitative estimate of drug-likeness (QED) is 0.634. The zero-order valence-electron chi connectivity index (χ0n) is 10.8. The van der Waals surface area contributed by atoms with Crippen molar-refractivity contribution < 1.29 is 15.0 Å². The van der Waals surface area contributed by atoms with Gasteiger partial charge in [-0.25, -0.2) is 0 Å². The summed E-state index contributed by atoms with van der Waals surface area (Å²) in [6.07, 6.45) is 1.23. The minimum atomic E-state index is -0.575. The fourth-order valence-electron chi connectivity index (χ4n) is 1.81. The largest absolute Gasteiger partial charge is 0.504 e. The number of hydrogen-bond donors (Lipinski definition) is 4. The molecular formula is C13H13ClN2O4. The number of nitrogens with one attached hydrogen (secondary N) is 2. The van der Waals surface area contributed by atoms with E-state index >= 15 is 0 Å². The lowest BCUT2D eigenvalue weighted by molar-refractivity contribution is 0.0942. The van der Waals surface area contributed by atoms with Crippen LogP contribution in [0.25, 0.3) is 10.9 Å². The van der Waals surface area contributed by atoms with Crippen LogP contribution < -0.4 is 10.7 Å². The van der Waals surface area contributed by atoms with E-state index in [1.807, 2.05) is 0 Å². The summed E-state index contributed by atoms with van der Waals surface area (Å²) >= 11 is 5.84. The van der Waals surface area contributed by atoms with Crippen LogP contribution in [0, 0.1) is 0 Å². The molecule has 4 N–H and O–H groups in total. The highest BCUT2D eigenvalue weighted by atomic mass is 35.5. The Kier molecular flexibility index (Phi) is 3.59. The van der Waals surface area contributed by atoms with Crippen LogP contribution in [0.5, 0.6) is 11.5 Å². The highest BCUT2D eigenvalue weighted by Crippen LogP contribution is 2.37. The Morgan fingerprint density at radius 1 is 1.40 bits per heavy atom. The number of carbonyl (C=O) groups is 1. The number of aromatic hydroxyl groups is 2. The molecular weight excluding hydrogens is 284 g/mol. The molecule has 6 nitrogen and oxygen atoms in total. The van der Waals surface area contributed by atoms with Crippen molar-refractivity contribution in [3.05, 3.63) is 33.1 Å². The highest BCUT2D eigenvalue weighted by molar-refractivity contribution is 6.36. The third kappa shape index (κ3) is 2.30. The van der Waals surface area contributed by atoms with Crippen LogP contribution >= 0.6 is 11.6 Å². The van der Waals surface area contributed by atoms with Crippen molar-refractivity contribution in [3.63, 3.8) is 0 Å². The van der Waals surface area contributed by atoms with Gasteiger partial charge in [0.1, 0.15) is 10.6 Å². The minimum absolute atomic E-state index is 0.0294. The van der Waals surface area contributed by atoms with Gasteiger partial charge in [0, 0.05) is 12.2 Å². The van der Waals surface area contributed by atoms with Crippen molar-refractivity contribution in [2.24, 2.45) is 0 Å². The van der Waals surface area contributed by atoms with Gasteiger partial charge in [0.25, 0.3) is 5.91 Å². The maximum Gasteiger partial charge on any atom is 0.256 e. The van der Waals surface area contributed by atoms with E-state index in [2.05, 4.69) is 10.3 Å². The summed E-state index contributed by atoms with van der Waals surface area (Å²) in [5.41, 5.74) is -0.505. The Balaban J connectivity index is 2.69. The monoisotopic (exact) mass is 296 g/mol. The van der Waals surface area contributed by atoms with Crippen molar-refractivity contribution in [2.45, 2.75) is 19.9 Å². The molecule has 0 saturated carbocycles. The van der Waals surface area contributed by atoms with Gasteiger partial charge in [0.2, 0.25) is 5.43 Å². The predicted octanol–water partition coefficient (Wildman–Crippen LogP) is 1.73. The van der Waals surface area contributed by atoms with Gasteiger partial charge in [-0.15, -0.1) is 0 Å². The third-order valence-electron chi connectivity index (χ3n) is 2.73. The van der Waals surface area contributed by atoms with E-state index in [-0.39, 0.29) is 27.5 Å². The van der Waals surface area contributed by atoms with Crippen molar-refractivity contribution >= 4 is 28.4 Å². The molecule has 2 rings (SSSR count). The van der Waals surface area contributed by atoms with Gasteiger partial charge in [0.15, 0.2) is 11.5 Å². The minimum Gasteiger partial charge on any atom is -0.504 e. The first-order valence-electron chi connectivity index (χ1n) is 5.89. The maximum absolute atomic E-state index is 12.2. The molecule has 0 fully saturated rings. The number of pyridine rings is 1. The normalized spacial score (nSPS) is 11.0. The molecule has 0 saturated heterocycles. The third-order valence-corrected chi connectivity index (χ3v) is 3.10. The van der Waals surface area contributed by atoms with Crippen LogP contribution in [0.3, 0.4) is 0 Å². The van der Waals surface area contributed by atoms with Gasteiger partial charge in [-0.05, 0) is 19.9 Å². The first kappa shape index (κ1) is 14.2. The summed E-state index contributed by atoms with van der Waals surface area (Å²) in [7, 11) is 0. The molecule has 0 spiro atoms. The number of carbonyl (C=O) groups excluding carboxylic acids is 1. The number of amides is 1. The number of rotatable bonds is 2. The Labute approximate surface area is 119 Å². The van der Waals surface area contributed by atoms with Crippen LogP contribution in [0.1, 0.15) is 24.2 Å². The van der Waals surface area contributed by atoms with Gasteiger partial charge in [-0.2, -0.15) is 0 Å². The number of halogens is 1. The van der Waals surface area contributed by atoms with Gasteiger partial charge in [-0.1, -0.05) is 11.6 Å². The number of fused-ring (bicyclic) bond motifs is 1. The van der Waals surface area contributed by atoms with E-state index < -0.39 is 22.8 Å². The number of phenolic OH excluding ortho intramolecular Hbond substituents is 2. The van der Waals surface area contributed by atoms with Crippen LogP contribution in [-0.2, 0) is 0 Å². The summed E-state index contributed by atoms with van der Waals surface area (Å²) in [5, 5.41) is 21.5. The molecule has 0 unspecified atom stereocenters. The molecule has 1 heterocycles. The number of benzene rings is 1. The first-order chi connectivity index (χ1) is 9.32. The molecule has 0 bridgehead atoms. The van der Waals surface area contributed by atoms with E-state index in [0.717, 1.165) is 6.07 Å². The average molecular weight is 297 g/mol. The Morgan fingerprint density at radius 2 is 2.05 bits per heavy atom. The molecule has 106 valence electrons. The molecule has 20 heavy (non-hydrogen) atoms. The number of aromatic nitrogens is 1. The van der Waals surface area contributed by atoms with Gasteiger partial charge in [0.05, 0.1) is 10.9 Å². The molecule has 2 aromatic rings. The Hall–Kier alpha value is -2.21. The summed E-state index contributed by atoms with van der Waals surface area (Å²) in [4.78, 5) is 26.8. The predicted molar refractivity (Wildman–Crippen MR) is 75.5 cm³/mol. The molecule has 0 atom stereocenters. The molecule has 7 heteroatoms. The smallest absolute Gasteiger partial charge is 0.256 e. The Morgan fingerprint density at radius 3 is 2.65 bits per heavy atom. The summed E-state index contributed by atoms with van der Waals surface area (Å²) in [6, 6.07) is 0.955. The SMILES string of the molecule is CC(C)NC(=O)c1c[nH]c2c(Cl)c(O)c(O)cc2c1=O. The van der Waals surface area contributed by atoms with Crippen LogP contribution in [0.2, 0.25) is 5.02 Å². The lowest BCUT2D eigenvalue weighted by atomic mass is 10.1. The van der Waals surface area contributed by atoms with Crippen molar-refractivity contribution in [1.82, 2.24) is 10.3 Å². The standard InChI is InChI=1S/C13H13ClN2O4/c1-5(2)16-13(20)7-4-15-10-6(11(7)18)3-8(17)12(19)9(10)14/h3-5,17,19H,1-2H3,(H,15,18)(H,16,20). The van der Waals surface area contributed by atoms with E-state index in [9.17, 15) is 19.8 Å². The number of aromatic amines is 1. The summed E-state index contributed by atoms with van der Waals surface area (Å²) in [6.45, 7) is 3.54. The van der Waals surface area contributed by atoms with Gasteiger partial charge < -0.3 is 20.5 Å². The fourth-order valence-corrected chi connectivity index (χ4v) is 2.06. The second-order valence-corrected chi connectivity index (χ2v) is 5.02. The number of hydrogen-bond acceptors (Lipinski definition) is 4. The zero-order valence-corrected chi connectivity index (χ0v) is 11.6. The Bertz CT molecular complexity index is 752. The van der Waals surface area contributed by atoms with Crippen LogP contribution in [-0.4, -0.2) is 27.1 Å². The summed E-state index contributed by atoms with van der Waals surface area (Å²) in [5.74, 6) is -1.56. The van der Waals surface area contributed by atoms with Crippen LogP contribution in [0.4, 0.5) is 0 Å². The average Bonchev–Trinajstić information content (AvgIpc) is 2.36. The number of H-pyrrole nitrogens is 1. The molecule has 1 aromatic heterocycles. The van der Waals surface area contributed by atoms with Gasteiger partial charge >= 0.3 is 0 Å². The lowest BCUT2D eigenvalue weighted by Gasteiger charge is -2.09. The molecule has 0 aliphatic carbocycles. The van der Waals surface area contributed by atoms with Crippen molar-refractivity contribution in [3.8, 4) is 11.5 Å². The van der Waals surface area contributed by atoms with Crippen molar-refractivity contribution in [2.75, 3.05) is 0 Å². The van der Waals surface area contributed by atoms with E-state index in [1.165, 1.54) is 6.20 Å². The molecule has 1 amide bonds. The molecule has 0 aliphatic rings. The van der Waals surface area contributed by atoms with Gasteiger partial charge in [-0.3, -0.25) is 9.59 Å². The molecule has 1 aromatic carbocycles. The van der Waals surface area contributed by atoms with E-state index in [1.54, 1.807) is 13.8 Å². The highest BCUT2D eigenvalue weighted by Gasteiger charge is 2.18. The fraction of sp³-hybridized carbons (Fsp3) is 0.231. The second-order valence-electron chi connectivity index (χ2n) is 4.64. The lowest BCUT2D eigenvalue weighted by Crippen LogP contribution is -2.33. The van der Waals surface area contributed by atoms with Crippen molar-refractivity contribution in [1.29, 1.82) is 0 Å². The zero-order chi connectivity index (χ0) is 15.0. The van der Waals surface area contributed by atoms with Crippen LogP contribution in [0.15, 0.2) is 17.1 Å². The molecule has 0 radical (unpaired) electrons. The second kappa shape index (κ2) is 5.05. The first-order valence-corrected chi connectivity index (χ1v) is 6.27. The number of phenols is 2. The summed E-state index contributed by atoms with van der Waals surface area (Å²) < 4.78 is 0.